The van der Waals surface area contributed by atoms with Crippen LogP contribution in [0.1, 0.15) is 47.0 Å². The van der Waals surface area contributed by atoms with Crippen LogP contribution in [0.15, 0.2) is 12.2 Å². The first-order chi connectivity index (χ1) is 8.01. The maximum absolute atomic E-state index is 11.4. The number of hydrogen-bond acceptors (Lipinski definition) is 2. The van der Waals surface area contributed by atoms with Gasteiger partial charge in [-0.25, -0.2) is 0 Å². The van der Waals surface area contributed by atoms with E-state index in [9.17, 15) is 4.79 Å². The first-order valence-electron chi connectivity index (χ1n) is 6.69. The number of hydrogen-bond donors (Lipinski definition) is 1. The molecule has 1 amide bonds. The average Bonchev–Trinajstić information content (AvgIpc) is 2.26. The molecule has 0 aromatic carbocycles. The van der Waals surface area contributed by atoms with Gasteiger partial charge in [0.2, 0.25) is 5.91 Å². The Morgan fingerprint density at radius 2 is 1.76 bits per heavy atom. The van der Waals surface area contributed by atoms with Crippen molar-refractivity contribution in [3.8, 4) is 0 Å². The molecule has 0 heterocycles. The van der Waals surface area contributed by atoms with Gasteiger partial charge in [0.25, 0.3) is 0 Å². The summed E-state index contributed by atoms with van der Waals surface area (Å²) in [6, 6.07) is 0.218. The van der Waals surface area contributed by atoms with Crippen molar-refractivity contribution in [1.29, 1.82) is 0 Å². The zero-order chi connectivity index (χ0) is 13.3. The Balaban J connectivity index is 3.90. The fourth-order valence-electron chi connectivity index (χ4n) is 1.76. The van der Waals surface area contributed by atoms with E-state index < -0.39 is 0 Å². The van der Waals surface area contributed by atoms with Crippen molar-refractivity contribution in [2.45, 2.75) is 53.0 Å². The SMILES string of the molecule is C=C(C)C(=O)NC(C)CCN(CCC)CCC. The Bertz CT molecular complexity index is 232. The molecule has 0 aliphatic carbocycles. The van der Waals surface area contributed by atoms with Crippen molar-refractivity contribution < 1.29 is 4.79 Å². The molecule has 1 atom stereocenters. The second kappa shape index (κ2) is 9.23. The number of amides is 1. The largest absolute Gasteiger partial charge is 0.350 e. The van der Waals surface area contributed by atoms with E-state index in [0.29, 0.717) is 5.57 Å². The van der Waals surface area contributed by atoms with Crippen LogP contribution in [0.2, 0.25) is 0 Å². The molecule has 0 radical (unpaired) electrons. The molecule has 1 unspecified atom stereocenters. The van der Waals surface area contributed by atoms with E-state index in [1.165, 1.54) is 12.8 Å². The monoisotopic (exact) mass is 240 g/mol. The molecule has 0 bridgehead atoms. The Kier molecular flexibility index (Phi) is 8.78. The molecule has 0 aromatic rings. The number of nitrogens with zero attached hydrogens (tertiary/aromatic N) is 1. The molecule has 0 aliphatic rings. The van der Waals surface area contributed by atoms with Crippen LogP contribution < -0.4 is 5.32 Å². The Morgan fingerprint density at radius 3 is 2.18 bits per heavy atom. The quantitative estimate of drug-likeness (QED) is 0.628. The molecule has 3 heteroatoms. The summed E-state index contributed by atoms with van der Waals surface area (Å²) in [5.41, 5.74) is 0.579. The molecule has 0 aromatic heterocycles. The van der Waals surface area contributed by atoms with Crippen molar-refractivity contribution in [3.63, 3.8) is 0 Å². The third-order valence-electron chi connectivity index (χ3n) is 2.72. The number of rotatable bonds is 9. The van der Waals surface area contributed by atoms with Gasteiger partial charge in [-0.2, -0.15) is 0 Å². The van der Waals surface area contributed by atoms with E-state index in [1.54, 1.807) is 6.92 Å². The molecule has 100 valence electrons. The van der Waals surface area contributed by atoms with Gasteiger partial charge >= 0.3 is 0 Å². The van der Waals surface area contributed by atoms with Crippen molar-refractivity contribution in [1.82, 2.24) is 10.2 Å². The lowest BCUT2D eigenvalue weighted by Gasteiger charge is -2.23. The lowest BCUT2D eigenvalue weighted by Crippen LogP contribution is -2.36. The Labute approximate surface area is 106 Å². The van der Waals surface area contributed by atoms with Gasteiger partial charge in [-0.05, 0) is 46.2 Å². The highest BCUT2D eigenvalue weighted by Gasteiger charge is 2.09. The zero-order valence-corrected chi connectivity index (χ0v) is 11.9. The summed E-state index contributed by atoms with van der Waals surface area (Å²) in [6.07, 6.45) is 3.37. The number of carbonyl (C=O) groups is 1. The van der Waals surface area contributed by atoms with Crippen LogP contribution in [0.5, 0.6) is 0 Å². The zero-order valence-electron chi connectivity index (χ0n) is 11.9. The Hall–Kier alpha value is -0.830. The fraction of sp³-hybridized carbons (Fsp3) is 0.786. The van der Waals surface area contributed by atoms with Crippen molar-refractivity contribution in [3.05, 3.63) is 12.2 Å². The van der Waals surface area contributed by atoms with Crippen molar-refractivity contribution in [2.24, 2.45) is 0 Å². The van der Waals surface area contributed by atoms with E-state index in [1.807, 2.05) is 0 Å². The van der Waals surface area contributed by atoms with Crippen molar-refractivity contribution in [2.75, 3.05) is 19.6 Å². The van der Waals surface area contributed by atoms with E-state index in [-0.39, 0.29) is 11.9 Å². The van der Waals surface area contributed by atoms with Gasteiger partial charge in [0.1, 0.15) is 0 Å². The molecule has 1 N–H and O–H groups in total. The number of nitrogens with one attached hydrogen (secondary N) is 1. The van der Waals surface area contributed by atoms with Crippen LogP contribution in [0.3, 0.4) is 0 Å². The van der Waals surface area contributed by atoms with E-state index in [0.717, 1.165) is 26.1 Å². The minimum atomic E-state index is -0.0324. The van der Waals surface area contributed by atoms with Gasteiger partial charge in [-0.15, -0.1) is 0 Å². The lowest BCUT2D eigenvalue weighted by atomic mass is 10.2. The third kappa shape index (κ3) is 7.97. The first-order valence-corrected chi connectivity index (χ1v) is 6.69. The first kappa shape index (κ1) is 16.2. The van der Waals surface area contributed by atoms with E-state index >= 15 is 0 Å². The van der Waals surface area contributed by atoms with Crippen LogP contribution in [0.25, 0.3) is 0 Å². The molecule has 17 heavy (non-hydrogen) atoms. The van der Waals surface area contributed by atoms with Crippen LogP contribution in [-0.4, -0.2) is 36.5 Å². The van der Waals surface area contributed by atoms with Crippen molar-refractivity contribution >= 4 is 5.91 Å². The molecule has 0 saturated carbocycles. The summed E-state index contributed by atoms with van der Waals surface area (Å²) in [5, 5.41) is 2.95. The summed E-state index contributed by atoms with van der Waals surface area (Å²) >= 11 is 0. The lowest BCUT2D eigenvalue weighted by molar-refractivity contribution is -0.118. The van der Waals surface area contributed by atoms with Crippen LogP contribution in [-0.2, 0) is 4.79 Å². The van der Waals surface area contributed by atoms with Gasteiger partial charge in [0.15, 0.2) is 0 Å². The minimum absolute atomic E-state index is 0.0324. The Morgan fingerprint density at radius 1 is 1.24 bits per heavy atom. The molecule has 3 nitrogen and oxygen atoms in total. The second-order valence-corrected chi connectivity index (χ2v) is 4.79. The average molecular weight is 240 g/mol. The highest BCUT2D eigenvalue weighted by atomic mass is 16.1. The topological polar surface area (TPSA) is 32.3 Å². The van der Waals surface area contributed by atoms with Gasteiger partial charge in [-0.3, -0.25) is 4.79 Å². The summed E-state index contributed by atoms with van der Waals surface area (Å²) in [4.78, 5) is 13.9. The second-order valence-electron chi connectivity index (χ2n) is 4.79. The van der Waals surface area contributed by atoms with Gasteiger partial charge in [0.05, 0.1) is 0 Å². The smallest absolute Gasteiger partial charge is 0.246 e. The summed E-state index contributed by atoms with van der Waals surface area (Å²) in [5.74, 6) is -0.0324. The fourth-order valence-corrected chi connectivity index (χ4v) is 1.76. The normalized spacial score (nSPS) is 12.5. The van der Waals surface area contributed by atoms with E-state index in [2.05, 4.69) is 37.6 Å². The van der Waals surface area contributed by atoms with Gasteiger partial charge < -0.3 is 10.2 Å². The van der Waals surface area contributed by atoms with Gasteiger partial charge in [0, 0.05) is 18.2 Å². The van der Waals surface area contributed by atoms with Gasteiger partial charge in [-0.1, -0.05) is 20.4 Å². The van der Waals surface area contributed by atoms with Crippen LogP contribution >= 0.6 is 0 Å². The summed E-state index contributed by atoms with van der Waals surface area (Å²) < 4.78 is 0. The number of carbonyl (C=O) groups excluding carboxylic acids is 1. The molecule has 0 fully saturated rings. The third-order valence-corrected chi connectivity index (χ3v) is 2.72. The summed E-state index contributed by atoms with van der Waals surface area (Å²) in [7, 11) is 0. The predicted molar refractivity (Wildman–Crippen MR) is 74.1 cm³/mol. The maximum atomic E-state index is 11.4. The predicted octanol–water partition coefficient (Wildman–Crippen LogP) is 2.58. The summed E-state index contributed by atoms with van der Waals surface area (Å²) in [6.45, 7) is 15.2. The molecule has 0 spiro atoms. The highest BCUT2D eigenvalue weighted by Crippen LogP contribution is 2.00. The molecule has 0 rings (SSSR count). The highest BCUT2D eigenvalue weighted by molar-refractivity contribution is 5.92. The minimum Gasteiger partial charge on any atom is -0.350 e. The molecular formula is C14H28N2O. The maximum Gasteiger partial charge on any atom is 0.246 e. The standard InChI is InChI=1S/C14H28N2O/c1-6-9-16(10-7-2)11-8-13(5)15-14(17)12(3)4/h13H,3,6-11H2,1-2,4-5H3,(H,15,17). The molecule has 0 aliphatic heterocycles. The van der Waals surface area contributed by atoms with E-state index in [4.69, 9.17) is 0 Å². The van der Waals surface area contributed by atoms with Crippen LogP contribution in [0.4, 0.5) is 0 Å². The van der Waals surface area contributed by atoms with Crippen LogP contribution in [0, 0.1) is 0 Å². The molecule has 0 saturated heterocycles. The molecular weight excluding hydrogens is 212 g/mol.